The van der Waals surface area contributed by atoms with Gasteiger partial charge in [-0.2, -0.15) is 4.98 Å². The van der Waals surface area contributed by atoms with Crippen LogP contribution in [0, 0.1) is 13.8 Å². The van der Waals surface area contributed by atoms with E-state index in [1.165, 1.54) is 0 Å². The number of nitrogens with one attached hydrogen (secondary N) is 1. The minimum atomic E-state index is 0.664. The van der Waals surface area contributed by atoms with Gasteiger partial charge in [-0.3, -0.25) is 4.40 Å². The van der Waals surface area contributed by atoms with Crippen LogP contribution in [-0.4, -0.2) is 16.4 Å². The van der Waals surface area contributed by atoms with Crippen molar-refractivity contribution in [3.8, 4) is 11.6 Å². The second kappa shape index (κ2) is 5.79. The van der Waals surface area contributed by atoms with E-state index < -0.39 is 0 Å². The van der Waals surface area contributed by atoms with E-state index in [-0.39, 0.29) is 0 Å². The Hall–Kier alpha value is -1.37. The number of benzene rings is 1. The summed E-state index contributed by atoms with van der Waals surface area (Å²) in [6, 6.07) is 4.04. The maximum atomic E-state index is 6.04. The first-order valence-electron chi connectivity index (χ1n) is 6.63. The number of fused-ring (bicyclic) bond motifs is 1. The first kappa shape index (κ1) is 14.6. The minimum absolute atomic E-state index is 0.664. The van der Waals surface area contributed by atoms with Crippen LogP contribution in [0.1, 0.15) is 16.8 Å². The van der Waals surface area contributed by atoms with Crippen LogP contribution in [0.15, 0.2) is 28.2 Å². The molecule has 1 aromatic carbocycles. The predicted octanol–water partition coefficient (Wildman–Crippen LogP) is 4.29. The number of thiazole rings is 1. The molecule has 110 valence electrons. The van der Waals surface area contributed by atoms with E-state index in [2.05, 4.69) is 44.5 Å². The molecule has 0 saturated heterocycles. The molecule has 4 nitrogen and oxygen atoms in total. The van der Waals surface area contributed by atoms with E-state index in [9.17, 15) is 0 Å². The lowest BCUT2D eigenvalue weighted by Gasteiger charge is -2.09. The Morgan fingerprint density at radius 1 is 1.33 bits per heavy atom. The van der Waals surface area contributed by atoms with Crippen molar-refractivity contribution in [1.82, 2.24) is 14.7 Å². The Bertz CT molecular complexity index is 770. The Morgan fingerprint density at radius 3 is 2.71 bits per heavy atom. The molecule has 0 aliphatic carbocycles. The molecule has 0 spiro atoms. The highest BCUT2D eigenvalue weighted by Crippen LogP contribution is 2.31. The van der Waals surface area contributed by atoms with E-state index in [0.717, 1.165) is 32.0 Å². The van der Waals surface area contributed by atoms with Gasteiger partial charge in [-0.1, -0.05) is 15.9 Å². The van der Waals surface area contributed by atoms with Crippen molar-refractivity contribution >= 4 is 32.2 Å². The van der Waals surface area contributed by atoms with Gasteiger partial charge < -0.3 is 10.1 Å². The van der Waals surface area contributed by atoms with Gasteiger partial charge in [0, 0.05) is 22.6 Å². The highest BCUT2D eigenvalue weighted by molar-refractivity contribution is 9.10. The van der Waals surface area contributed by atoms with Crippen LogP contribution >= 0.6 is 27.3 Å². The molecular weight excluding hydrogens is 350 g/mol. The van der Waals surface area contributed by atoms with Gasteiger partial charge in [0.15, 0.2) is 4.96 Å². The van der Waals surface area contributed by atoms with Crippen molar-refractivity contribution in [2.75, 3.05) is 7.05 Å². The number of aromatic nitrogens is 2. The first-order chi connectivity index (χ1) is 10.1. The second-order valence-electron chi connectivity index (χ2n) is 4.92. The fourth-order valence-electron chi connectivity index (χ4n) is 2.30. The van der Waals surface area contributed by atoms with Gasteiger partial charge in [-0.25, -0.2) is 0 Å². The van der Waals surface area contributed by atoms with Crippen molar-refractivity contribution in [1.29, 1.82) is 0 Å². The molecule has 0 saturated carbocycles. The maximum absolute atomic E-state index is 6.04. The molecule has 0 aliphatic heterocycles. The summed E-state index contributed by atoms with van der Waals surface area (Å²) in [5.41, 5.74) is 3.34. The first-order valence-corrected chi connectivity index (χ1v) is 8.31. The van der Waals surface area contributed by atoms with E-state index in [0.29, 0.717) is 12.4 Å². The summed E-state index contributed by atoms with van der Waals surface area (Å²) in [7, 11) is 1.92. The molecule has 1 N–H and O–H groups in total. The number of ether oxygens (including phenoxy) is 1. The van der Waals surface area contributed by atoms with Gasteiger partial charge in [-0.05, 0) is 44.2 Å². The SMILES string of the molecule is CNCc1c(Oc2cc(C)c(Br)c(C)c2)nc2sccn12. The molecule has 0 atom stereocenters. The van der Waals surface area contributed by atoms with Crippen molar-refractivity contribution in [2.45, 2.75) is 20.4 Å². The lowest BCUT2D eigenvalue weighted by atomic mass is 10.1. The molecule has 0 radical (unpaired) electrons. The van der Waals surface area contributed by atoms with Gasteiger partial charge in [0.25, 0.3) is 0 Å². The monoisotopic (exact) mass is 365 g/mol. The molecule has 0 fully saturated rings. The largest absolute Gasteiger partial charge is 0.437 e. The van der Waals surface area contributed by atoms with Crippen LogP contribution in [0.2, 0.25) is 0 Å². The van der Waals surface area contributed by atoms with Crippen molar-refractivity contribution < 1.29 is 4.74 Å². The molecule has 3 aromatic rings. The zero-order valence-corrected chi connectivity index (χ0v) is 14.5. The summed E-state index contributed by atoms with van der Waals surface area (Å²) in [4.78, 5) is 5.52. The number of aryl methyl sites for hydroxylation is 2. The van der Waals surface area contributed by atoms with Crippen LogP contribution in [0.4, 0.5) is 0 Å². The topological polar surface area (TPSA) is 38.6 Å². The molecule has 0 unspecified atom stereocenters. The van der Waals surface area contributed by atoms with Gasteiger partial charge in [-0.15, -0.1) is 11.3 Å². The summed E-state index contributed by atoms with van der Waals surface area (Å²) < 4.78 is 9.22. The third-order valence-corrected chi connectivity index (χ3v) is 5.30. The number of halogens is 1. The Balaban J connectivity index is 2.01. The number of hydrogen-bond donors (Lipinski definition) is 1. The summed E-state index contributed by atoms with van der Waals surface area (Å²) in [5, 5.41) is 5.19. The van der Waals surface area contributed by atoms with Crippen molar-refractivity contribution in [2.24, 2.45) is 0 Å². The molecule has 0 amide bonds. The molecule has 3 rings (SSSR count). The predicted molar refractivity (Wildman–Crippen MR) is 89.5 cm³/mol. The number of imidazole rings is 1. The summed E-state index contributed by atoms with van der Waals surface area (Å²) in [6.07, 6.45) is 2.02. The normalized spacial score (nSPS) is 11.2. The number of nitrogens with zero attached hydrogens (tertiary/aromatic N) is 2. The zero-order chi connectivity index (χ0) is 15.0. The van der Waals surface area contributed by atoms with E-state index in [1.54, 1.807) is 11.3 Å². The number of hydrogen-bond acceptors (Lipinski definition) is 4. The highest BCUT2D eigenvalue weighted by atomic mass is 79.9. The minimum Gasteiger partial charge on any atom is -0.437 e. The smallest absolute Gasteiger partial charge is 0.243 e. The van der Waals surface area contributed by atoms with Gasteiger partial charge in [0.05, 0.1) is 0 Å². The molecule has 6 heteroatoms. The summed E-state index contributed by atoms with van der Waals surface area (Å²) in [6.45, 7) is 4.83. The van der Waals surface area contributed by atoms with E-state index >= 15 is 0 Å². The fraction of sp³-hybridized carbons (Fsp3) is 0.267. The van der Waals surface area contributed by atoms with Crippen LogP contribution in [0.25, 0.3) is 4.96 Å². The average Bonchev–Trinajstić information content (AvgIpc) is 3.00. The van der Waals surface area contributed by atoms with Gasteiger partial charge >= 0.3 is 0 Å². The number of rotatable bonds is 4. The third-order valence-electron chi connectivity index (χ3n) is 3.29. The summed E-state index contributed by atoms with van der Waals surface area (Å²) in [5.74, 6) is 1.48. The molecule has 0 bridgehead atoms. The standard InChI is InChI=1S/C15H16BrN3OS/c1-9-6-11(7-10(2)13(9)16)20-14-12(8-17-3)19-4-5-21-15(19)18-14/h4-7,17H,8H2,1-3H3. The molecule has 2 heterocycles. The average molecular weight is 366 g/mol. The van der Waals surface area contributed by atoms with Crippen molar-refractivity contribution in [3.63, 3.8) is 0 Å². The van der Waals surface area contributed by atoms with Gasteiger partial charge in [0.1, 0.15) is 11.4 Å². The van der Waals surface area contributed by atoms with E-state index in [1.807, 2.05) is 30.8 Å². The highest BCUT2D eigenvalue weighted by Gasteiger charge is 2.15. The van der Waals surface area contributed by atoms with Gasteiger partial charge in [0.2, 0.25) is 5.88 Å². The lowest BCUT2D eigenvalue weighted by molar-refractivity contribution is 0.456. The van der Waals surface area contributed by atoms with Crippen LogP contribution in [-0.2, 0) is 6.54 Å². The summed E-state index contributed by atoms with van der Waals surface area (Å²) >= 11 is 5.18. The zero-order valence-electron chi connectivity index (χ0n) is 12.1. The Kier molecular flexibility index (Phi) is 4.01. The fourth-order valence-corrected chi connectivity index (χ4v) is 3.25. The maximum Gasteiger partial charge on any atom is 0.243 e. The van der Waals surface area contributed by atoms with Crippen LogP contribution < -0.4 is 10.1 Å². The van der Waals surface area contributed by atoms with Crippen LogP contribution in [0.3, 0.4) is 0 Å². The molecule has 21 heavy (non-hydrogen) atoms. The van der Waals surface area contributed by atoms with Crippen LogP contribution in [0.5, 0.6) is 11.6 Å². The Morgan fingerprint density at radius 2 is 2.05 bits per heavy atom. The molecule has 2 aromatic heterocycles. The Labute approximate surface area is 135 Å². The lowest BCUT2D eigenvalue weighted by Crippen LogP contribution is -2.08. The molecular formula is C15H16BrN3OS. The second-order valence-corrected chi connectivity index (χ2v) is 6.59. The van der Waals surface area contributed by atoms with Crippen molar-refractivity contribution in [3.05, 3.63) is 45.0 Å². The van der Waals surface area contributed by atoms with E-state index in [4.69, 9.17) is 4.74 Å². The molecule has 0 aliphatic rings. The third kappa shape index (κ3) is 2.71. The quantitative estimate of drug-likeness (QED) is 0.749.